The molecular weight excluding hydrogens is 328 g/mol. The molecule has 3 rings (SSSR count). The summed E-state index contributed by atoms with van der Waals surface area (Å²) >= 11 is 0. The smallest absolute Gasteiger partial charge is 0.238 e. The number of anilines is 1. The Morgan fingerprint density at radius 1 is 1.19 bits per heavy atom. The van der Waals surface area contributed by atoms with Gasteiger partial charge < -0.3 is 15.5 Å². The van der Waals surface area contributed by atoms with E-state index in [1.165, 1.54) is 6.42 Å². The lowest BCUT2D eigenvalue weighted by atomic mass is 10.1. The maximum atomic E-state index is 12.4. The SMILES string of the molecule is CCc1ccccc1NC(=O)CN1CCN(C(=O)CC2CCCN2)CC1. The van der Waals surface area contributed by atoms with Gasteiger partial charge in [0, 0.05) is 44.3 Å². The fraction of sp³-hybridized carbons (Fsp3) is 0.600. The number of hydrogen-bond acceptors (Lipinski definition) is 4. The Hall–Kier alpha value is -1.92. The van der Waals surface area contributed by atoms with E-state index < -0.39 is 0 Å². The number of amides is 2. The molecule has 2 saturated heterocycles. The van der Waals surface area contributed by atoms with E-state index in [1.807, 2.05) is 29.2 Å². The first-order valence-corrected chi connectivity index (χ1v) is 9.77. The molecule has 0 aromatic heterocycles. The molecule has 26 heavy (non-hydrogen) atoms. The highest BCUT2D eigenvalue weighted by molar-refractivity contribution is 5.93. The minimum atomic E-state index is 0.0147. The number of piperazine rings is 1. The third kappa shape index (κ3) is 5.05. The van der Waals surface area contributed by atoms with Crippen LogP contribution < -0.4 is 10.6 Å². The normalized spacial score (nSPS) is 21.0. The zero-order valence-corrected chi connectivity index (χ0v) is 15.7. The van der Waals surface area contributed by atoms with Crippen LogP contribution in [0, 0.1) is 0 Å². The summed E-state index contributed by atoms with van der Waals surface area (Å²) in [5.74, 6) is 0.256. The van der Waals surface area contributed by atoms with Gasteiger partial charge in [0.2, 0.25) is 11.8 Å². The van der Waals surface area contributed by atoms with Crippen molar-refractivity contribution in [3.8, 4) is 0 Å². The van der Waals surface area contributed by atoms with Crippen LogP contribution in [0.2, 0.25) is 0 Å². The predicted octanol–water partition coefficient (Wildman–Crippen LogP) is 1.47. The summed E-state index contributed by atoms with van der Waals surface area (Å²) in [6.45, 7) is 6.43. The van der Waals surface area contributed by atoms with Crippen LogP contribution in [0.25, 0.3) is 0 Å². The van der Waals surface area contributed by atoms with Crippen LogP contribution in [0.15, 0.2) is 24.3 Å². The third-order valence-electron chi connectivity index (χ3n) is 5.35. The second-order valence-corrected chi connectivity index (χ2v) is 7.21. The van der Waals surface area contributed by atoms with Crippen molar-refractivity contribution in [3.63, 3.8) is 0 Å². The van der Waals surface area contributed by atoms with Crippen LogP contribution in [0.1, 0.15) is 31.7 Å². The van der Waals surface area contributed by atoms with Gasteiger partial charge in [0.1, 0.15) is 0 Å². The Morgan fingerprint density at radius 2 is 1.96 bits per heavy atom. The average Bonchev–Trinajstić information content (AvgIpc) is 3.15. The van der Waals surface area contributed by atoms with Crippen LogP contribution in [0.3, 0.4) is 0 Å². The molecule has 6 nitrogen and oxygen atoms in total. The van der Waals surface area contributed by atoms with Gasteiger partial charge in [-0.2, -0.15) is 0 Å². The van der Waals surface area contributed by atoms with Crippen molar-refractivity contribution in [3.05, 3.63) is 29.8 Å². The summed E-state index contributed by atoms with van der Waals surface area (Å²) in [5, 5.41) is 6.40. The van der Waals surface area contributed by atoms with Crippen molar-refractivity contribution in [2.75, 3.05) is 44.6 Å². The third-order valence-corrected chi connectivity index (χ3v) is 5.35. The molecular formula is C20H30N4O2. The molecule has 2 heterocycles. The zero-order chi connectivity index (χ0) is 18.4. The van der Waals surface area contributed by atoms with Gasteiger partial charge in [-0.05, 0) is 37.4 Å². The van der Waals surface area contributed by atoms with Crippen LogP contribution >= 0.6 is 0 Å². The quantitative estimate of drug-likeness (QED) is 0.808. The molecule has 0 aliphatic carbocycles. The fourth-order valence-electron chi connectivity index (χ4n) is 3.77. The van der Waals surface area contributed by atoms with E-state index in [4.69, 9.17) is 0 Å². The monoisotopic (exact) mass is 358 g/mol. The van der Waals surface area contributed by atoms with E-state index in [0.29, 0.717) is 32.1 Å². The number of nitrogens with one attached hydrogen (secondary N) is 2. The summed E-state index contributed by atoms with van der Waals surface area (Å²) in [7, 11) is 0. The van der Waals surface area contributed by atoms with Crippen LogP contribution in [-0.4, -0.2) is 66.9 Å². The Bertz CT molecular complexity index is 620. The molecule has 2 amide bonds. The van der Waals surface area contributed by atoms with Crippen LogP contribution in [-0.2, 0) is 16.0 Å². The minimum absolute atomic E-state index is 0.0147. The molecule has 0 radical (unpaired) electrons. The first kappa shape index (κ1) is 18.9. The molecule has 2 N–H and O–H groups in total. The van der Waals surface area contributed by atoms with E-state index in [9.17, 15) is 9.59 Å². The molecule has 1 unspecified atom stereocenters. The lowest BCUT2D eigenvalue weighted by Gasteiger charge is -2.34. The first-order chi connectivity index (χ1) is 12.7. The van der Waals surface area contributed by atoms with Gasteiger partial charge in [-0.25, -0.2) is 0 Å². The number of carbonyl (C=O) groups excluding carboxylic acids is 2. The summed E-state index contributed by atoms with van der Waals surface area (Å²) in [4.78, 5) is 28.8. The molecule has 2 aliphatic rings. The summed E-state index contributed by atoms with van der Waals surface area (Å²) < 4.78 is 0. The number of benzene rings is 1. The highest BCUT2D eigenvalue weighted by Crippen LogP contribution is 2.16. The minimum Gasteiger partial charge on any atom is -0.340 e. The van der Waals surface area contributed by atoms with Crippen molar-refractivity contribution in [2.45, 2.75) is 38.6 Å². The lowest BCUT2D eigenvalue weighted by molar-refractivity contribution is -0.133. The van der Waals surface area contributed by atoms with Crippen molar-refractivity contribution in [1.29, 1.82) is 0 Å². The molecule has 0 bridgehead atoms. The summed E-state index contributed by atoms with van der Waals surface area (Å²) in [5.41, 5.74) is 2.05. The van der Waals surface area contributed by atoms with Crippen molar-refractivity contribution < 1.29 is 9.59 Å². The summed E-state index contributed by atoms with van der Waals surface area (Å²) in [6.07, 6.45) is 3.77. The molecule has 6 heteroatoms. The maximum absolute atomic E-state index is 12.4. The number of nitrogens with zero attached hydrogens (tertiary/aromatic N) is 2. The van der Waals surface area contributed by atoms with Crippen LogP contribution in [0.5, 0.6) is 0 Å². The van der Waals surface area contributed by atoms with Gasteiger partial charge in [0.05, 0.1) is 6.54 Å². The predicted molar refractivity (Wildman–Crippen MR) is 103 cm³/mol. The highest BCUT2D eigenvalue weighted by atomic mass is 16.2. The molecule has 0 saturated carbocycles. The van der Waals surface area contributed by atoms with Crippen molar-refractivity contribution in [2.24, 2.45) is 0 Å². The molecule has 1 atom stereocenters. The topological polar surface area (TPSA) is 64.7 Å². The van der Waals surface area contributed by atoms with Crippen molar-refractivity contribution >= 4 is 17.5 Å². The zero-order valence-electron chi connectivity index (χ0n) is 15.7. The Morgan fingerprint density at radius 3 is 2.65 bits per heavy atom. The van der Waals surface area contributed by atoms with E-state index >= 15 is 0 Å². The van der Waals surface area contributed by atoms with E-state index in [0.717, 1.165) is 43.7 Å². The Labute approximate surface area is 155 Å². The number of carbonyl (C=O) groups is 2. The molecule has 1 aromatic carbocycles. The van der Waals surface area contributed by atoms with E-state index in [-0.39, 0.29) is 11.8 Å². The summed E-state index contributed by atoms with van der Waals surface area (Å²) in [6, 6.07) is 8.28. The van der Waals surface area contributed by atoms with Gasteiger partial charge in [-0.3, -0.25) is 14.5 Å². The first-order valence-electron chi connectivity index (χ1n) is 9.77. The number of rotatable bonds is 6. The lowest BCUT2D eigenvalue weighted by Crippen LogP contribution is -2.51. The number of aryl methyl sites for hydroxylation is 1. The second-order valence-electron chi connectivity index (χ2n) is 7.21. The molecule has 2 fully saturated rings. The molecule has 1 aromatic rings. The second kappa shape index (κ2) is 9.14. The highest BCUT2D eigenvalue weighted by Gasteiger charge is 2.25. The van der Waals surface area contributed by atoms with Gasteiger partial charge in [-0.15, -0.1) is 0 Å². The van der Waals surface area contributed by atoms with E-state index in [1.54, 1.807) is 0 Å². The molecule has 0 spiro atoms. The Kier molecular flexibility index (Phi) is 6.63. The fourth-order valence-corrected chi connectivity index (χ4v) is 3.77. The Balaban J connectivity index is 1.41. The van der Waals surface area contributed by atoms with Gasteiger partial charge in [0.15, 0.2) is 0 Å². The molecule has 142 valence electrons. The van der Waals surface area contributed by atoms with Crippen LogP contribution in [0.4, 0.5) is 5.69 Å². The number of hydrogen-bond donors (Lipinski definition) is 2. The van der Waals surface area contributed by atoms with Gasteiger partial charge in [0.25, 0.3) is 0 Å². The van der Waals surface area contributed by atoms with Crippen molar-refractivity contribution in [1.82, 2.24) is 15.1 Å². The number of para-hydroxylation sites is 1. The molecule has 2 aliphatic heterocycles. The maximum Gasteiger partial charge on any atom is 0.238 e. The van der Waals surface area contributed by atoms with Gasteiger partial charge >= 0.3 is 0 Å². The van der Waals surface area contributed by atoms with E-state index in [2.05, 4.69) is 22.5 Å². The average molecular weight is 358 g/mol. The standard InChI is InChI=1S/C20H30N4O2/c1-2-16-6-3-4-8-18(16)22-19(25)15-23-10-12-24(13-11-23)20(26)14-17-7-5-9-21-17/h3-4,6,8,17,21H,2,5,7,9-15H2,1H3,(H,22,25). The largest absolute Gasteiger partial charge is 0.340 e. The van der Waals surface area contributed by atoms with Gasteiger partial charge in [-0.1, -0.05) is 25.1 Å².